The molecule has 12 heteroatoms. The summed E-state index contributed by atoms with van der Waals surface area (Å²) >= 11 is 6.23. The maximum Gasteiger partial charge on any atom is 0.410 e. The third-order valence-electron chi connectivity index (χ3n) is 6.67. The summed E-state index contributed by atoms with van der Waals surface area (Å²) in [6.45, 7) is 12.2. The lowest BCUT2D eigenvalue weighted by Gasteiger charge is -2.41. The Morgan fingerprint density at radius 2 is 2.00 bits per heavy atom. The van der Waals surface area contributed by atoms with Crippen LogP contribution in [0.15, 0.2) is 17.1 Å². The van der Waals surface area contributed by atoms with Crippen molar-refractivity contribution in [3.63, 3.8) is 0 Å². The second-order valence-corrected chi connectivity index (χ2v) is 11.2. The van der Waals surface area contributed by atoms with E-state index in [1.807, 2.05) is 24.8 Å². The van der Waals surface area contributed by atoms with Crippen LogP contribution < -0.4 is 15.3 Å². The molecule has 5 heterocycles. The normalized spacial score (nSPS) is 17.3. The maximum absolute atomic E-state index is 15.4. The molecule has 1 atom stereocenters. The molecule has 0 aliphatic carbocycles. The van der Waals surface area contributed by atoms with Crippen molar-refractivity contribution in [2.45, 2.75) is 59.1 Å². The molecule has 0 unspecified atom stereocenters. The number of pyridine rings is 2. The molecule has 1 fully saturated rings. The highest BCUT2D eigenvalue weighted by Gasteiger charge is 2.38. The van der Waals surface area contributed by atoms with Crippen molar-refractivity contribution in [3.8, 4) is 11.4 Å². The number of carbonyl (C=O) groups excluding carboxylic acids is 1. The van der Waals surface area contributed by atoms with Crippen molar-refractivity contribution in [1.82, 2.24) is 24.4 Å². The van der Waals surface area contributed by atoms with Gasteiger partial charge in [-0.25, -0.2) is 19.1 Å². The van der Waals surface area contributed by atoms with Crippen molar-refractivity contribution in [2.75, 3.05) is 31.1 Å². The minimum Gasteiger partial charge on any atom is -0.487 e. The number of nitrogens with zero attached hydrogens (tertiary/aromatic N) is 6. The lowest BCUT2D eigenvalue weighted by atomic mass is 10.0. The molecule has 0 N–H and O–H groups in total. The van der Waals surface area contributed by atoms with Gasteiger partial charge < -0.3 is 19.3 Å². The second-order valence-electron chi connectivity index (χ2n) is 10.9. The molecule has 2 aliphatic rings. The maximum atomic E-state index is 15.4. The van der Waals surface area contributed by atoms with Crippen molar-refractivity contribution in [3.05, 3.63) is 45.0 Å². The SMILES string of the molecule is Cc1nccc(C(C)C)c1-n1c(=O)nc2c3c(c(F)c(Cl)nc31)OC[C@H]1CN(C(=O)OC(C)(C)C)CCN21. The van der Waals surface area contributed by atoms with Crippen LogP contribution in [0.2, 0.25) is 5.15 Å². The summed E-state index contributed by atoms with van der Waals surface area (Å²) in [7, 11) is 0. The molecule has 3 aromatic rings. The highest BCUT2D eigenvalue weighted by Crippen LogP contribution is 2.41. The number of anilines is 1. The smallest absolute Gasteiger partial charge is 0.410 e. The van der Waals surface area contributed by atoms with E-state index in [9.17, 15) is 9.59 Å². The number of rotatable bonds is 2. The zero-order chi connectivity index (χ0) is 27.5. The Labute approximate surface area is 224 Å². The molecule has 38 heavy (non-hydrogen) atoms. The zero-order valence-corrected chi connectivity index (χ0v) is 23.0. The van der Waals surface area contributed by atoms with Crippen LogP contribution in [-0.4, -0.2) is 68.4 Å². The average molecular weight is 545 g/mol. The summed E-state index contributed by atoms with van der Waals surface area (Å²) in [6.07, 6.45) is 1.23. The number of hydrogen-bond acceptors (Lipinski definition) is 8. The molecule has 202 valence electrons. The Morgan fingerprint density at radius 3 is 2.68 bits per heavy atom. The van der Waals surface area contributed by atoms with E-state index in [4.69, 9.17) is 21.1 Å². The summed E-state index contributed by atoms with van der Waals surface area (Å²) in [4.78, 5) is 43.0. The first-order chi connectivity index (χ1) is 17.9. The van der Waals surface area contributed by atoms with Crippen LogP contribution in [-0.2, 0) is 4.74 Å². The third-order valence-corrected chi connectivity index (χ3v) is 6.92. The number of aromatic nitrogens is 4. The number of amides is 1. The average Bonchev–Trinajstić information content (AvgIpc) is 2.99. The monoisotopic (exact) mass is 544 g/mol. The molecule has 1 amide bonds. The van der Waals surface area contributed by atoms with Crippen LogP contribution in [0.25, 0.3) is 16.7 Å². The van der Waals surface area contributed by atoms with E-state index in [1.54, 1.807) is 38.8 Å². The van der Waals surface area contributed by atoms with Gasteiger partial charge in [0, 0.05) is 25.8 Å². The largest absolute Gasteiger partial charge is 0.487 e. The number of fused-ring (bicyclic) bond motifs is 2. The molecular formula is C26H30ClFN6O4. The Kier molecular flexibility index (Phi) is 6.45. The van der Waals surface area contributed by atoms with E-state index in [0.717, 1.165) is 5.56 Å². The van der Waals surface area contributed by atoms with Crippen LogP contribution in [0.3, 0.4) is 0 Å². The van der Waals surface area contributed by atoms with Crippen LogP contribution in [0.1, 0.15) is 51.8 Å². The Bertz CT molecular complexity index is 1500. The van der Waals surface area contributed by atoms with Gasteiger partial charge in [-0.15, -0.1) is 0 Å². The summed E-state index contributed by atoms with van der Waals surface area (Å²) in [6, 6.07) is 1.44. The molecule has 1 saturated heterocycles. The van der Waals surface area contributed by atoms with Gasteiger partial charge in [0.1, 0.15) is 23.4 Å². The summed E-state index contributed by atoms with van der Waals surface area (Å²) in [5, 5.41) is -0.168. The van der Waals surface area contributed by atoms with Gasteiger partial charge in [-0.05, 0) is 45.2 Å². The van der Waals surface area contributed by atoms with Crippen molar-refractivity contribution in [2.24, 2.45) is 0 Å². The van der Waals surface area contributed by atoms with Gasteiger partial charge in [0.25, 0.3) is 0 Å². The van der Waals surface area contributed by atoms with Gasteiger partial charge in [0.15, 0.2) is 16.5 Å². The lowest BCUT2D eigenvalue weighted by molar-refractivity contribution is 0.0201. The molecule has 3 aromatic heterocycles. The number of hydrogen-bond donors (Lipinski definition) is 0. The van der Waals surface area contributed by atoms with Crippen LogP contribution in [0.4, 0.5) is 15.0 Å². The Hall–Kier alpha value is -3.47. The van der Waals surface area contributed by atoms with Gasteiger partial charge in [-0.1, -0.05) is 25.4 Å². The fraction of sp³-hybridized carbons (Fsp3) is 0.500. The Balaban J connectivity index is 1.69. The van der Waals surface area contributed by atoms with Gasteiger partial charge >= 0.3 is 11.8 Å². The minimum atomic E-state index is -0.830. The van der Waals surface area contributed by atoms with Gasteiger partial charge in [-0.2, -0.15) is 9.37 Å². The molecule has 0 radical (unpaired) electrons. The number of ether oxygens (including phenoxy) is 2. The van der Waals surface area contributed by atoms with E-state index >= 15 is 4.39 Å². The van der Waals surface area contributed by atoms with Crippen molar-refractivity contribution in [1.29, 1.82) is 0 Å². The minimum absolute atomic E-state index is 0.0410. The first-order valence-corrected chi connectivity index (χ1v) is 12.9. The van der Waals surface area contributed by atoms with Crippen molar-refractivity contribution >= 4 is 34.5 Å². The van der Waals surface area contributed by atoms with E-state index in [0.29, 0.717) is 24.5 Å². The highest BCUT2D eigenvalue weighted by atomic mass is 35.5. The van der Waals surface area contributed by atoms with Gasteiger partial charge in [0.2, 0.25) is 5.82 Å². The molecule has 5 rings (SSSR count). The topological polar surface area (TPSA) is 103 Å². The van der Waals surface area contributed by atoms with E-state index in [1.165, 1.54) is 4.57 Å². The van der Waals surface area contributed by atoms with Crippen LogP contribution in [0, 0.1) is 12.7 Å². The third kappa shape index (κ3) is 4.42. The predicted molar refractivity (Wildman–Crippen MR) is 141 cm³/mol. The second kappa shape index (κ2) is 9.37. The fourth-order valence-electron chi connectivity index (χ4n) is 4.98. The number of carbonyl (C=O) groups is 1. The van der Waals surface area contributed by atoms with E-state index < -0.39 is 34.4 Å². The molecule has 0 bridgehead atoms. The number of halogens is 2. The highest BCUT2D eigenvalue weighted by molar-refractivity contribution is 6.30. The molecule has 0 spiro atoms. The Morgan fingerprint density at radius 1 is 1.26 bits per heavy atom. The number of piperazine rings is 1. The molecular weight excluding hydrogens is 515 g/mol. The molecule has 0 saturated carbocycles. The first-order valence-electron chi connectivity index (χ1n) is 12.5. The lowest BCUT2D eigenvalue weighted by Crippen LogP contribution is -2.57. The summed E-state index contributed by atoms with van der Waals surface area (Å²) in [5.41, 5.74) is 0.879. The molecule has 10 nitrogen and oxygen atoms in total. The van der Waals surface area contributed by atoms with Crippen LogP contribution >= 0.6 is 11.6 Å². The zero-order valence-electron chi connectivity index (χ0n) is 22.2. The quantitative estimate of drug-likeness (QED) is 0.442. The summed E-state index contributed by atoms with van der Waals surface area (Å²) < 4.78 is 28.2. The standard InChI is InChI=1S/C26H30ClFN6O4/c1-13(2)16-7-8-29-14(3)19(16)34-23-17-20(18(28)21(27)30-23)37-12-15-11-32(25(36)38-26(4,5)6)9-10-33(15)22(17)31-24(34)35/h7-8,13,15H,9-12H2,1-6H3/t15-/m1/s1. The van der Waals surface area contributed by atoms with E-state index in [-0.39, 0.29) is 41.7 Å². The first kappa shape index (κ1) is 26.1. The number of aryl methyl sites for hydroxylation is 1. The predicted octanol–water partition coefficient (Wildman–Crippen LogP) is 4.22. The molecule has 0 aromatic carbocycles. The summed E-state index contributed by atoms with van der Waals surface area (Å²) in [5.74, 6) is -0.649. The molecule has 2 aliphatic heterocycles. The van der Waals surface area contributed by atoms with Gasteiger partial charge in [0.05, 0.1) is 17.4 Å². The van der Waals surface area contributed by atoms with E-state index in [2.05, 4.69) is 15.0 Å². The van der Waals surface area contributed by atoms with Gasteiger partial charge in [-0.3, -0.25) is 4.98 Å². The van der Waals surface area contributed by atoms with Crippen LogP contribution in [0.5, 0.6) is 5.75 Å². The van der Waals surface area contributed by atoms with Crippen molar-refractivity contribution < 1.29 is 18.7 Å². The fourth-order valence-corrected chi connectivity index (χ4v) is 5.15.